The second-order valence-electron chi connectivity index (χ2n) is 4.63. The fraction of sp³-hybridized carbons (Fsp3) is 0.643. The van der Waals surface area contributed by atoms with Gasteiger partial charge < -0.3 is 10.2 Å². The van der Waals surface area contributed by atoms with Gasteiger partial charge in [0.15, 0.2) is 0 Å². The molecule has 3 nitrogen and oxygen atoms in total. The Morgan fingerprint density at radius 3 is 2.65 bits per heavy atom. The van der Waals surface area contributed by atoms with Crippen molar-refractivity contribution in [2.45, 2.75) is 46.7 Å². The molecule has 0 fully saturated rings. The molecule has 0 aromatic carbocycles. The van der Waals surface area contributed by atoms with Crippen LogP contribution in [0.3, 0.4) is 0 Å². The predicted molar refractivity (Wildman–Crippen MR) is 74.5 cm³/mol. The number of hydrogen-bond acceptors (Lipinski definition) is 3. The van der Waals surface area contributed by atoms with E-state index >= 15 is 0 Å². The van der Waals surface area contributed by atoms with Crippen LogP contribution in [0.2, 0.25) is 0 Å². The number of aromatic nitrogens is 1. The average Bonchev–Trinajstić information content (AvgIpc) is 2.34. The number of rotatable bonds is 6. The van der Waals surface area contributed by atoms with Crippen molar-refractivity contribution in [1.82, 2.24) is 10.3 Å². The highest BCUT2D eigenvalue weighted by molar-refractivity contribution is 5.47. The van der Waals surface area contributed by atoms with Crippen LogP contribution in [-0.4, -0.2) is 24.6 Å². The molecule has 0 aliphatic carbocycles. The fourth-order valence-electron chi connectivity index (χ4n) is 1.84. The van der Waals surface area contributed by atoms with Crippen molar-refractivity contribution < 1.29 is 0 Å². The Balaban J connectivity index is 2.82. The molecule has 0 aliphatic rings. The molecular weight excluding hydrogens is 210 g/mol. The van der Waals surface area contributed by atoms with Crippen molar-refractivity contribution in [2.24, 2.45) is 0 Å². The van der Waals surface area contributed by atoms with E-state index in [1.165, 1.54) is 11.1 Å². The first kappa shape index (κ1) is 14.0. The molecule has 1 aromatic heterocycles. The molecule has 1 N–H and O–H groups in total. The van der Waals surface area contributed by atoms with Crippen LogP contribution in [0.1, 0.15) is 38.3 Å². The lowest BCUT2D eigenvalue weighted by atomic mass is 10.1. The molecule has 0 radical (unpaired) electrons. The van der Waals surface area contributed by atoms with Crippen molar-refractivity contribution in [2.75, 3.05) is 18.5 Å². The molecule has 0 aliphatic heterocycles. The van der Waals surface area contributed by atoms with Crippen LogP contribution in [0.15, 0.2) is 12.3 Å². The Morgan fingerprint density at radius 2 is 2.12 bits per heavy atom. The summed E-state index contributed by atoms with van der Waals surface area (Å²) in [5.41, 5.74) is 2.51. The van der Waals surface area contributed by atoms with Crippen LogP contribution < -0.4 is 10.2 Å². The number of nitrogens with zero attached hydrogens (tertiary/aromatic N) is 2. The smallest absolute Gasteiger partial charge is 0.131 e. The maximum absolute atomic E-state index is 4.59. The van der Waals surface area contributed by atoms with Gasteiger partial charge in [0.05, 0.1) is 0 Å². The summed E-state index contributed by atoms with van der Waals surface area (Å²) in [7, 11) is 2.12. The summed E-state index contributed by atoms with van der Waals surface area (Å²) in [6.45, 7) is 10.6. The zero-order chi connectivity index (χ0) is 12.8. The number of anilines is 1. The van der Waals surface area contributed by atoms with Crippen LogP contribution in [-0.2, 0) is 6.54 Å². The second-order valence-corrected chi connectivity index (χ2v) is 4.63. The minimum absolute atomic E-state index is 0.529. The topological polar surface area (TPSA) is 28.2 Å². The lowest BCUT2D eigenvalue weighted by molar-refractivity contribution is 0.654. The van der Waals surface area contributed by atoms with E-state index in [0.717, 1.165) is 25.3 Å². The van der Waals surface area contributed by atoms with Gasteiger partial charge in [0.2, 0.25) is 0 Å². The second kappa shape index (κ2) is 6.60. The first-order valence-electron chi connectivity index (χ1n) is 6.49. The Labute approximate surface area is 105 Å². The van der Waals surface area contributed by atoms with Crippen molar-refractivity contribution in [3.05, 3.63) is 23.4 Å². The molecule has 0 saturated carbocycles. The van der Waals surface area contributed by atoms with Crippen molar-refractivity contribution in [3.63, 3.8) is 0 Å². The summed E-state index contributed by atoms with van der Waals surface area (Å²) < 4.78 is 0. The molecular formula is C14H25N3. The van der Waals surface area contributed by atoms with Crippen molar-refractivity contribution in [1.29, 1.82) is 0 Å². The van der Waals surface area contributed by atoms with Gasteiger partial charge in [-0.2, -0.15) is 0 Å². The van der Waals surface area contributed by atoms with E-state index in [9.17, 15) is 0 Å². The largest absolute Gasteiger partial charge is 0.357 e. The maximum atomic E-state index is 4.59. The summed E-state index contributed by atoms with van der Waals surface area (Å²) in [5, 5.41) is 3.32. The SMILES string of the molecule is CCNCc1cnc(N(C)C(C)CC)c(C)c1. The quantitative estimate of drug-likeness (QED) is 0.821. The third-order valence-corrected chi connectivity index (χ3v) is 3.27. The van der Waals surface area contributed by atoms with Gasteiger partial charge in [0, 0.05) is 25.8 Å². The third kappa shape index (κ3) is 3.70. The van der Waals surface area contributed by atoms with E-state index in [-0.39, 0.29) is 0 Å². The molecule has 0 amide bonds. The lowest BCUT2D eigenvalue weighted by Crippen LogP contribution is -2.29. The Hall–Kier alpha value is -1.09. The highest BCUT2D eigenvalue weighted by Crippen LogP contribution is 2.19. The lowest BCUT2D eigenvalue weighted by Gasteiger charge is -2.26. The zero-order valence-corrected chi connectivity index (χ0v) is 11.7. The maximum Gasteiger partial charge on any atom is 0.131 e. The minimum atomic E-state index is 0.529. The molecule has 17 heavy (non-hydrogen) atoms. The van der Waals surface area contributed by atoms with Gasteiger partial charge in [-0.15, -0.1) is 0 Å². The third-order valence-electron chi connectivity index (χ3n) is 3.27. The van der Waals surface area contributed by atoms with Crippen LogP contribution in [0.25, 0.3) is 0 Å². The standard InChI is InChI=1S/C14H25N3/c1-6-12(4)17(5)14-11(3)8-13(10-16-14)9-15-7-2/h8,10,12,15H,6-7,9H2,1-5H3. The summed E-state index contributed by atoms with van der Waals surface area (Å²) in [4.78, 5) is 6.84. The molecule has 96 valence electrons. The first-order chi connectivity index (χ1) is 8.10. The molecule has 1 aromatic rings. The molecule has 1 atom stereocenters. The molecule has 1 rings (SSSR count). The number of pyridine rings is 1. The van der Waals surface area contributed by atoms with Crippen molar-refractivity contribution >= 4 is 5.82 Å². The summed E-state index contributed by atoms with van der Waals surface area (Å²) >= 11 is 0. The highest BCUT2D eigenvalue weighted by Gasteiger charge is 2.11. The first-order valence-corrected chi connectivity index (χ1v) is 6.49. The van der Waals surface area contributed by atoms with Gasteiger partial charge in [0.1, 0.15) is 5.82 Å². The van der Waals surface area contributed by atoms with E-state index in [2.05, 4.69) is 56.0 Å². The number of hydrogen-bond donors (Lipinski definition) is 1. The molecule has 1 heterocycles. The molecule has 0 bridgehead atoms. The predicted octanol–water partition coefficient (Wildman–Crippen LogP) is 2.73. The Bertz CT molecular complexity index is 349. The van der Waals surface area contributed by atoms with E-state index in [1.807, 2.05) is 6.20 Å². The molecule has 3 heteroatoms. The zero-order valence-electron chi connectivity index (χ0n) is 11.7. The molecule has 1 unspecified atom stereocenters. The van der Waals surface area contributed by atoms with Crippen LogP contribution in [0.4, 0.5) is 5.82 Å². The average molecular weight is 235 g/mol. The van der Waals surface area contributed by atoms with Gasteiger partial charge in [-0.05, 0) is 44.0 Å². The van der Waals surface area contributed by atoms with E-state index < -0.39 is 0 Å². The highest BCUT2D eigenvalue weighted by atomic mass is 15.2. The van der Waals surface area contributed by atoms with E-state index in [1.54, 1.807) is 0 Å². The van der Waals surface area contributed by atoms with Gasteiger partial charge in [-0.25, -0.2) is 4.98 Å². The normalized spacial score (nSPS) is 12.5. The van der Waals surface area contributed by atoms with E-state index in [4.69, 9.17) is 0 Å². The van der Waals surface area contributed by atoms with Gasteiger partial charge in [0.25, 0.3) is 0 Å². The summed E-state index contributed by atoms with van der Waals surface area (Å²) in [6.07, 6.45) is 3.11. The van der Waals surface area contributed by atoms with E-state index in [0.29, 0.717) is 6.04 Å². The van der Waals surface area contributed by atoms with Crippen LogP contribution in [0, 0.1) is 6.92 Å². The van der Waals surface area contributed by atoms with Gasteiger partial charge in [-0.1, -0.05) is 13.8 Å². The van der Waals surface area contributed by atoms with Crippen LogP contribution >= 0.6 is 0 Å². The number of aryl methyl sites for hydroxylation is 1. The van der Waals surface area contributed by atoms with Crippen molar-refractivity contribution in [3.8, 4) is 0 Å². The van der Waals surface area contributed by atoms with Gasteiger partial charge in [-0.3, -0.25) is 0 Å². The minimum Gasteiger partial charge on any atom is -0.357 e. The van der Waals surface area contributed by atoms with Crippen LogP contribution in [0.5, 0.6) is 0 Å². The molecule has 0 saturated heterocycles. The van der Waals surface area contributed by atoms with Gasteiger partial charge >= 0.3 is 0 Å². The summed E-state index contributed by atoms with van der Waals surface area (Å²) in [6, 6.07) is 2.75. The monoisotopic (exact) mass is 235 g/mol. The Morgan fingerprint density at radius 1 is 1.41 bits per heavy atom. The summed E-state index contributed by atoms with van der Waals surface area (Å²) in [5.74, 6) is 1.10. The Kier molecular flexibility index (Phi) is 5.42. The number of nitrogens with one attached hydrogen (secondary N) is 1. The fourth-order valence-corrected chi connectivity index (χ4v) is 1.84. The molecule has 0 spiro atoms.